The fraction of sp³-hybridized carbons (Fsp3) is 0.800. The predicted octanol–water partition coefficient (Wildman–Crippen LogP) is 5.23. The molecule has 32 heavy (non-hydrogen) atoms. The predicted molar refractivity (Wildman–Crippen MR) is 131 cm³/mol. The lowest BCUT2D eigenvalue weighted by Gasteiger charge is -2.30. The number of nitrogens with zero attached hydrogens (tertiary/aromatic N) is 3. The molecule has 1 heterocycles. The smallest absolute Gasteiger partial charge is 0.407 e. The van der Waals surface area contributed by atoms with Crippen molar-refractivity contribution in [2.24, 2.45) is 0 Å². The summed E-state index contributed by atoms with van der Waals surface area (Å²) in [5.74, 6) is 1.81. The molecule has 1 aromatic heterocycles. The zero-order valence-corrected chi connectivity index (χ0v) is 20.4. The maximum Gasteiger partial charge on any atom is 0.407 e. The summed E-state index contributed by atoms with van der Waals surface area (Å²) in [6.45, 7) is 2.75. The third-order valence-electron chi connectivity index (χ3n) is 6.70. The van der Waals surface area contributed by atoms with Crippen LogP contribution in [0.25, 0.3) is 0 Å². The van der Waals surface area contributed by atoms with Crippen molar-refractivity contribution in [3.8, 4) is 0 Å². The number of aryl methyl sites for hydroxylation is 1. The third-order valence-corrected chi connectivity index (χ3v) is 6.70. The lowest BCUT2D eigenvalue weighted by Crippen LogP contribution is -2.40. The van der Waals surface area contributed by atoms with Crippen molar-refractivity contribution in [2.75, 3.05) is 30.9 Å². The first kappa shape index (κ1) is 24.6. The van der Waals surface area contributed by atoms with Crippen molar-refractivity contribution in [2.45, 2.75) is 109 Å². The van der Waals surface area contributed by atoms with Gasteiger partial charge in [0.15, 0.2) is 0 Å². The van der Waals surface area contributed by atoms with E-state index in [1.54, 1.807) is 0 Å². The number of carbonyl (C=O) groups is 1. The quantitative estimate of drug-likeness (QED) is 0.454. The minimum atomic E-state index is -0.261. The van der Waals surface area contributed by atoms with Gasteiger partial charge in [0.2, 0.25) is 5.95 Å². The standard InChI is InChI=1S/C25H43N5O2/c1-4-5-6-7-8-11-18-32-25(31)27-20-16-14-19(15-17-20)26-24-28-22-13-10-9-12-21(22)23(29-24)30(2)3/h19-20H,4-18H2,1-3H3,(H,27,31)(H,26,28,29). The lowest BCUT2D eigenvalue weighted by atomic mass is 9.91. The highest BCUT2D eigenvalue weighted by Gasteiger charge is 2.25. The summed E-state index contributed by atoms with van der Waals surface area (Å²) in [7, 11) is 4.12. The van der Waals surface area contributed by atoms with Gasteiger partial charge in [-0.25, -0.2) is 9.78 Å². The fourth-order valence-electron chi connectivity index (χ4n) is 4.83. The van der Waals surface area contributed by atoms with Gasteiger partial charge in [-0.1, -0.05) is 39.0 Å². The Morgan fingerprint density at radius 3 is 2.41 bits per heavy atom. The molecule has 1 saturated carbocycles. The van der Waals surface area contributed by atoms with E-state index in [9.17, 15) is 4.79 Å². The second-order valence-corrected chi connectivity index (χ2v) is 9.64. The number of hydrogen-bond acceptors (Lipinski definition) is 6. The van der Waals surface area contributed by atoms with E-state index < -0.39 is 0 Å². The summed E-state index contributed by atoms with van der Waals surface area (Å²) in [5.41, 5.74) is 2.53. The first-order chi connectivity index (χ1) is 15.6. The van der Waals surface area contributed by atoms with Gasteiger partial charge in [-0.3, -0.25) is 0 Å². The number of amides is 1. The van der Waals surface area contributed by atoms with Crippen molar-refractivity contribution in [1.29, 1.82) is 0 Å². The van der Waals surface area contributed by atoms with Gasteiger partial charge in [-0.05, 0) is 57.8 Å². The van der Waals surface area contributed by atoms with Crippen LogP contribution < -0.4 is 15.5 Å². The van der Waals surface area contributed by atoms with Crippen LogP contribution in [0.1, 0.15) is 95.2 Å². The Labute approximate surface area is 194 Å². The van der Waals surface area contributed by atoms with Gasteiger partial charge < -0.3 is 20.3 Å². The summed E-state index contributed by atoms with van der Waals surface area (Å²) < 4.78 is 5.37. The van der Waals surface area contributed by atoms with Gasteiger partial charge in [-0.2, -0.15) is 4.98 Å². The van der Waals surface area contributed by atoms with Crippen LogP contribution in [0.15, 0.2) is 0 Å². The fourth-order valence-corrected chi connectivity index (χ4v) is 4.83. The SMILES string of the molecule is CCCCCCCCOC(=O)NC1CCC(Nc2nc3c(c(N(C)C)n2)CCCC3)CC1. The Morgan fingerprint density at radius 2 is 1.66 bits per heavy atom. The van der Waals surface area contributed by atoms with E-state index in [0.29, 0.717) is 12.6 Å². The third kappa shape index (κ3) is 7.52. The maximum atomic E-state index is 12.1. The molecule has 0 saturated heterocycles. The second kappa shape index (κ2) is 12.9. The number of carbonyl (C=O) groups excluding carboxylic acids is 1. The first-order valence-electron chi connectivity index (χ1n) is 12.8. The molecule has 180 valence electrons. The largest absolute Gasteiger partial charge is 0.450 e. The van der Waals surface area contributed by atoms with Crippen LogP contribution in [-0.4, -0.2) is 48.8 Å². The molecule has 0 atom stereocenters. The molecule has 0 unspecified atom stereocenters. The molecule has 0 aromatic carbocycles. The summed E-state index contributed by atoms with van der Waals surface area (Å²) in [5, 5.41) is 6.62. The Balaban J connectivity index is 1.38. The van der Waals surface area contributed by atoms with Gasteiger partial charge in [0.25, 0.3) is 0 Å². The number of fused-ring (bicyclic) bond motifs is 1. The number of rotatable bonds is 11. The molecule has 2 aliphatic rings. The van der Waals surface area contributed by atoms with E-state index in [1.807, 2.05) is 0 Å². The van der Waals surface area contributed by atoms with Gasteiger partial charge in [0.05, 0.1) is 12.3 Å². The number of unbranched alkanes of at least 4 members (excludes halogenated alkanes) is 5. The number of alkyl carbamates (subject to hydrolysis) is 1. The molecule has 0 bridgehead atoms. The zero-order chi connectivity index (χ0) is 22.8. The Hall–Kier alpha value is -2.05. The van der Waals surface area contributed by atoms with Crippen molar-refractivity contribution in [3.63, 3.8) is 0 Å². The number of hydrogen-bond donors (Lipinski definition) is 2. The number of anilines is 2. The maximum absolute atomic E-state index is 12.1. The van der Waals surface area contributed by atoms with Crippen LogP contribution in [0.3, 0.4) is 0 Å². The van der Waals surface area contributed by atoms with Crippen molar-refractivity contribution < 1.29 is 9.53 Å². The molecule has 7 heteroatoms. The molecule has 7 nitrogen and oxygen atoms in total. The molecule has 1 aromatic rings. The highest BCUT2D eigenvalue weighted by Crippen LogP contribution is 2.29. The van der Waals surface area contributed by atoms with Crippen LogP contribution >= 0.6 is 0 Å². The van der Waals surface area contributed by atoms with Crippen LogP contribution in [0.4, 0.5) is 16.6 Å². The minimum Gasteiger partial charge on any atom is -0.450 e. The molecule has 0 aliphatic heterocycles. The molecular weight excluding hydrogens is 402 g/mol. The average molecular weight is 446 g/mol. The van der Waals surface area contributed by atoms with Gasteiger partial charge >= 0.3 is 6.09 Å². The molecule has 3 rings (SSSR count). The molecule has 2 N–H and O–H groups in total. The van der Waals surface area contributed by atoms with E-state index in [4.69, 9.17) is 14.7 Å². The van der Waals surface area contributed by atoms with Gasteiger partial charge in [-0.15, -0.1) is 0 Å². The van der Waals surface area contributed by atoms with Crippen molar-refractivity contribution >= 4 is 17.9 Å². The lowest BCUT2D eigenvalue weighted by molar-refractivity contribution is 0.137. The van der Waals surface area contributed by atoms with E-state index in [0.717, 1.165) is 63.1 Å². The Bertz CT molecular complexity index is 717. The average Bonchev–Trinajstić information content (AvgIpc) is 2.79. The number of ether oxygens (including phenoxy) is 1. The van der Waals surface area contributed by atoms with Crippen LogP contribution in [0.2, 0.25) is 0 Å². The minimum absolute atomic E-state index is 0.201. The zero-order valence-electron chi connectivity index (χ0n) is 20.4. The van der Waals surface area contributed by atoms with Gasteiger partial charge in [0.1, 0.15) is 5.82 Å². The summed E-state index contributed by atoms with van der Waals surface area (Å²) >= 11 is 0. The molecule has 2 aliphatic carbocycles. The number of aromatic nitrogens is 2. The van der Waals surface area contributed by atoms with Crippen LogP contribution in [0, 0.1) is 0 Å². The molecule has 0 spiro atoms. The molecule has 1 fully saturated rings. The topological polar surface area (TPSA) is 79.4 Å². The highest BCUT2D eigenvalue weighted by molar-refractivity contribution is 5.67. The molecular formula is C25H43N5O2. The highest BCUT2D eigenvalue weighted by atomic mass is 16.5. The second-order valence-electron chi connectivity index (χ2n) is 9.64. The van der Waals surface area contributed by atoms with E-state index >= 15 is 0 Å². The van der Waals surface area contributed by atoms with Crippen molar-refractivity contribution in [1.82, 2.24) is 15.3 Å². The number of nitrogens with one attached hydrogen (secondary N) is 2. The van der Waals surface area contributed by atoms with Crippen molar-refractivity contribution in [3.05, 3.63) is 11.3 Å². The monoisotopic (exact) mass is 445 g/mol. The Kier molecular flexibility index (Phi) is 9.88. The van der Waals surface area contributed by atoms with E-state index in [2.05, 4.69) is 36.6 Å². The van der Waals surface area contributed by atoms with Crippen LogP contribution in [-0.2, 0) is 17.6 Å². The first-order valence-corrected chi connectivity index (χ1v) is 12.8. The Morgan fingerprint density at radius 1 is 0.969 bits per heavy atom. The van der Waals surface area contributed by atoms with E-state index in [1.165, 1.54) is 49.8 Å². The van der Waals surface area contributed by atoms with Crippen LogP contribution in [0.5, 0.6) is 0 Å². The van der Waals surface area contributed by atoms with Gasteiger partial charge in [0, 0.05) is 31.7 Å². The normalized spacial score (nSPS) is 20.3. The molecule has 0 radical (unpaired) electrons. The summed E-state index contributed by atoms with van der Waals surface area (Å²) in [6, 6.07) is 0.552. The summed E-state index contributed by atoms with van der Waals surface area (Å²) in [4.78, 5) is 23.9. The molecule has 1 amide bonds. The van der Waals surface area contributed by atoms with E-state index in [-0.39, 0.29) is 12.1 Å². The summed E-state index contributed by atoms with van der Waals surface area (Å²) in [6.07, 6.45) is 15.4.